The maximum atomic E-state index is 12.6. The fraction of sp³-hybridized carbons (Fsp3) is 0.933. The van der Waals surface area contributed by atoms with Crippen molar-refractivity contribution >= 4 is 5.91 Å². The topological polar surface area (TPSA) is 49.6 Å². The van der Waals surface area contributed by atoms with Crippen LogP contribution in [0.3, 0.4) is 0 Å². The molecule has 1 amide bonds. The van der Waals surface area contributed by atoms with Crippen molar-refractivity contribution in [2.75, 3.05) is 32.7 Å². The maximum Gasteiger partial charge on any atom is 0.401 e. The van der Waals surface area contributed by atoms with E-state index in [4.69, 9.17) is 5.73 Å². The summed E-state index contributed by atoms with van der Waals surface area (Å²) in [7, 11) is 0. The molecule has 3 rings (SSSR count). The summed E-state index contributed by atoms with van der Waals surface area (Å²) in [6, 6.07) is 0.177. The van der Waals surface area contributed by atoms with Crippen molar-refractivity contribution in [3.05, 3.63) is 0 Å². The minimum atomic E-state index is -4.19. The summed E-state index contributed by atoms with van der Waals surface area (Å²) >= 11 is 0. The quantitative estimate of drug-likeness (QED) is 0.838. The van der Waals surface area contributed by atoms with E-state index in [0.717, 1.165) is 19.4 Å². The smallest absolute Gasteiger partial charge is 0.342 e. The highest BCUT2D eigenvalue weighted by atomic mass is 19.4. The number of amides is 1. The minimum Gasteiger partial charge on any atom is -0.342 e. The zero-order chi connectivity index (χ0) is 15.9. The van der Waals surface area contributed by atoms with E-state index in [0.29, 0.717) is 37.8 Å². The number of carbonyl (C=O) groups is 1. The highest BCUT2D eigenvalue weighted by Gasteiger charge is 2.44. The van der Waals surface area contributed by atoms with Gasteiger partial charge in [-0.3, -0.25) is 9.69 Å². The number of nitrogens with two attached hydrogens (primary N) is 1. The minimum absolute atomic E-state index is 0.0356. The van der Waals surface area contributed by atoms with Crippen LogP contribution in [0.1, 0.15) is 25.7 Å². The number of alkyl halides is 3. The lowest BCUT2D eigenvalue weighted by Crippen LogP contribution is -2.47. The number of fused-ring (bicyclic) bond motifs is 1. The van der Waals surface area contributed by atoms with Gasteiger partial charge in [-0.2, -0.15) is 13.2 Å². The molecule has 0 aromatic heterocycles. The molecule has 3 fully saturated rings. The SMILES string of the molecule is NC1CCC2CN(C(=O)C3CCCN(CC(F)(F)F)C3)CC12. The molecule has 7 heteroatoms. The Kier molecular flexibility index (Phi) is 4.38. The maximum absolute atomic E-state index is 12.6. The van der Waals surface area contributed by atoms with Gasteiger partial charge in [0.25, 0.3) is 0 Å². The number of likely N-dealkylation sites (tertiary alicyclic amines) is 2. The molecule has 4 unspecified atom stereocenters. The summed E-state index contributed by atoms with van der Waals surface area (Å²) < 4.78 is 37.6. The highest BCUT2D eigenvalue weighted by molar-refractivity contribution is 5.79. The number of hydrogen-bond donors (Lipinski definition) is 1. The Morgan fingerprint density at radius 1 is 1.14 bits per heavy atom. The van der Waals surface area contributed by atoms with Crippen LogP contribution >= 0.6 is 0 Å². The Hall–Kier alpha value is -0.820. The lowest BCUT2D eigenvalue weighted by molar-refractivity contribution is -0.154. The van der Waals surface area contributed by atoms with Crippen molar-refractivity contribution in [3.63, 3.8) is 0 Å². The third-order valence-electron chi connectivity index (χ3n) is 5.48. The summed E-state index contributed by atoms with van der Waals surface area (Å²) in [4.78, 5) is 15.9. The lowest BCUT2D eigenvalue weighted by Gasteiger charge is -2.34. The van der Waals surface area contributed by atoms with Crippen molar-refractivity contribution in [1.82, 2.24) is 9.80 Å². The first-order chi connectivity index (χ1) is 10.3. The van der Waals surface area contributed by atoms with Crippen LogP contribution in [-0.2, 0) is 4.79 Å². The van der Waals surface area contributed by atoms with Crippen molar-refractivity contribution in [1.29, 1.82) is 0 Å². The Balaban J connectivity index is 1.56. The molecular formula is C15H24F3N3O. The molecule has 0 aromatic rings. The monoisotopic (exact) mass is 319 g/mol. The van der Waals surface area contributed by atoms with E-state index in [9.17, 15) is 18.0 Å². The zero-order valence-electron chi connectivity index (χ0n) is 12.7. The van der Waals surface area contributed by atoms with Gasteiger partial charge < -0.3 is 10.6 Å². The second kappa shape index (κ2) is 6.00. The summed E-state index contributed by atoms with van der Waals surface area (Å²) in [6.45, 7) is 1.19. The molecule has 1 saturated carbocycles. The Labute approximate surface area is 128 Å². The number of halogens is 3. The average molecular weight is 319 g/mol. The van der Waals surface area contributed by atoms with Gasteiger partial charge >= 0.3 is 6.18 Å². The van der Waals surface area contributed by atoms with Crippen molar-refractivity contribution in [2.24, 2.45) is 23.5 Å². The summed E-state index contributed by atoms with van der Waals surface area (Å²) in [5, 5.41) is 0. The lowest BCUT2D eigenvalue weighted by atomic mass is 9.96. The van der Waals surface area contributed by atoms with Crippen LogP contribution in [-0.4, -0.2) is 60.6 Å². The van der Waals surface area contributed by atoms with E-state index in [1.165, 1.54) is 4.90 Å². The standard InChI is InChI=1S/C15H24F3N3O/c16-15(17,18)9-20-5-1-2-11(6-20)14(22)21-7-10-3-4-13(19)12(10)8-21/h10-13H,1-9,19H2. The van der Waals surface area contributed by atoms with Crippen LogP contribution < -0.4 is 5.73 Å². The molecule has 2 N–H and O–H groups in total. The van der Waals surface area contributed by atoms with E-state index in [2.05, 4.69) is 0 Å². The van der Waals surface area contributed by atoms with Crippen LogP contribution in [0.25, 0.3) is 0 Å². The van der Waals surface area contributed by atoms with E-state index >= 15 is 0 Å². The molecular weight excluding hydrogens is 295 g/mol. The van der Waals surface area contributed by atoms with Gasteiger partial charge in [-0.05, 0) is 44.1 Å². The predicted molar refractivity (Wildman–Crippen MR) is 76.0 cm³/mol. The van der Waals surface area contributed by atoms with Crippen molar-refractivity contribution < 1.29 is 18.0 Å². The third kappa shape index (κ3) is 3.40. The number of carbonyl (C=O) groups excluding carboxylic acids is 1. The van der Waals surface area contributed by atoms with Gasteiger partial charge in [0, 0.05) is 25.7 Å². The molecule has 0 radical (unpaired) electrons. The van der Waals surface area contributed by atoms with Crippen molar-refractivity contribution in [3.8, 4) is 0 Å². The molecule has 2 saturated heterocycles. The van der Waals surface area contributed by atoms with Gasteiger partial charge in [0.2, 0.25) is 5.91 Å². The molecule has 2 heterocycles. The highest BCUT2D eigenvalue weighted by Crippen LogP contribution is 2.38. The van der Waals surface area contributed by atoms with Gasteiger partial charge in [-0.1, -0.05) is 0 Å². The Morgan fingerprint density at radius 3 is 2.59 bits per heavy atom. The molecule has 22 heavy (non-hydrogen) atoms. The Bertz CT molecular complexity index is 429. The van der Waals surface area contributed by atoms with Gasteiger partial charge in [0.1, 0.15) is 0 Å². The molecule has 126 valence electrons. The molecule has 4 atom stereocenters. The molecule has 2 aliphatic heterocycles. The number of nitrogens with zero attached hydrogens (tertiary/aromatic N) is 2. The van der Waals surface area contributed by atoms with Gasteiger partial charge in [0.15, 0.2) is 0 Å². The number of rotatable bonds is 2. The first-order valence-corrected chi connectivity index (χ1v) is 8.17. The van der Waals surface area contributed by atoms with Gasteiger partial charge in [0.05, 0.1) is 12.5 Å². The van der Waals surface area contributed by atoms with E-state index in [-0.39, 0.29) is 24.4 Å². The fourth-order valence-electron chi connectivity index (χ4n) is 4.40. The average Bonchev–Trinajstić information content (AvgIpc) is 2.99. The van der Waals surface area contributed by atoms with Crippen molar-refractivity contribution in [2.45, 2.75) is 37.9 Å². The second-order valence-corrected chi connectivity index (χ2v) is 7.10. The number of piperidine rings is 1. The molecule has 1 aliphatic carbocycles. The largest absolute Gasteiger partial charge is 0.401 e. The summed E-state index contributed by atoms with van der Waals surface area (Å²) in [5.74, 6) is 0.632. The zero-order valence-corrected chi connectivity index (χ0v) is 12.7. The first-order valence-electron chi connectivity index (χ1n) is 8.17. The van der Waals surface area contributed by atoms with Gasteiger partial charge in [-0.25, -0.2) is 0 Å². The van der Waals surface area contributed by atoms with Crippen LogP contribution in [0.5, 0.6) is 0 Å². The third-order valence-corrected chi connectivity index (χ3v) is 5.48. The first kappa shape index (κ1) is 16.1. The molecule has 0 bridgehead atoms. The normalized spacial score (nSPS) is 36.6. The van der Waals surface area contributed by atoms with Crippen LogP contribution in [0.15, 0.2) is 0 Å². The fourth-order valence-corrected chi connectivity index (χ4v) is 4.40. The molecule has 0 spiro atoms. The van der Waals surface area contributed by atoms with E-state index < -0.39 is 12.7 Å². The second-order valence-electron chi connectivity index (χ2n) is 7.10. The Morgan fingerprint density at radius 2 is 1.91 bits per heavy atom. The van der Waals surface area contributed by atoms with Crippen LogP contribution in [0.2, 0.25) is 0 Å². The molecule has 4 nitrogen and oxygen atoms in total. The van der Waals surface area contributed by atoms with Crippen LogP contribution in [0.4, 0.5) is 13.2 Å². The van der Waals surface area contributed by atoms with Gasteiger partial charge in [-0.15, -0.1) is 0 Å². The summed E-state index contributed by atoms with van der Waals surface area (Å²) in [6.07, 6.45) is -0.735. The van der Waals surface area contributed by atoms with E-state index in [1.807, 2.05) is 4.90 Å². The molecule has 0 aromatic carbocycles. The molecule has 3 aliphatic rings. The van der Waals surface area contributed by atoms with Crippen LogP contribution in [0, 0.1) is 17.8 Å². The summed E-state index contributed by atoms with van der Waals surface area (Å²) in [5.41, 5.74) is 6.08. The number of hydrogen-bond acceptors (Lipinski definition) is 3. The predicted octanol–water partition coefficient (Wildman–Crippen LogP) is 1.46. The van der Waals surface area contributed by atoms with E-state index in [1.54, 1.807) is 0 Å².